The van der Waals surface area contributed by atoms with Gasteiger partial charge in [0, 0.05) is 18.4 Å². The van der Waals surface area contributed by atoms with Gasteiger partial charge in [-0.2, -0.15) is 4.98 Å². The summed E-state index contributed by atoms with van der Waals surface area (Å²) < 4.78 is 11.9. The maximum atomic E-state index is 11.6. The van der Waals surface area contributed by atoms with Crippen LogP contribution >= 0.6 is 0 Å². The van der Waals surface area contributed by atoms with Gasteiger partial charge in [0.25, 0.3) is 0 Å². The van der Waals surface area contributed by atoms with E-state index in [4.69, 9.17) is 9.47 Å². The van der Waals surface area contributed by atoms with Crippen molar-refractivity contribution in [2.45, 2.75) is 26.0 Å². The van der Waals surface area contributed by atoms with Crippen LogP contribution < -0.4 is 10.4 Å². The van der Waals surface area contributed by atoms with Crippen molar-refractivity contribution in [1.82, 2.24) is 9.55 Å². The lowest BCUT2D eigenvalue weighted by atomic mass is 10.3. The molecule has 2 heterocycles. The number of methoxy groups -OCH3 is 1. The van der Waals surface area contributed by atoms with Crippen LogP contribution in [-0.4, -0.2) is 23.3 Å². The van der Waals surface area contributed by atoms with Crippen LogP contribution in [-0.2, 0) is 4.74 Å². The molecule has 0 aliphatic carbocycles. The molecular weight excluding hydrogens is 196 g/mol. The van der Waals surface area contributed by atoms with Gasteiger partial charge >= 0.3 is 5.69 Å². The average molecular weight is 210 g/mol. The Balaban J connectivity index is 2.40. The molecule has 0 N–H and O–H groups in total. The van der Waals surface area contributed by atoms with Crippen LogP contribution in [0.3, 0.4) is 0 Å². The van der Waals surface area contributed by atoms with E-state index in [0.29, 0.717) is 12.5 Å². The predicted octanol–water partition coefficient (Wildman–Crippen LogP) is 0.869. The fourth-order valence-electron chi connectivity index (χ4n) is 1.74. The smallest absolute Gasteiger partial charge is 0.352 e. The fourth-order valence-corrected chi connectivity index (χ4v) is 1.74. The zero-order valence-electron chi connectivity index (χ0n) is 8.90. The monoisotopic (exact) mass is 210 g/mol. The molecule has 1 saturated heterocycles. The van der Waals surface area contributed by atoms with Gasteiger partial charge in [0.05, 0.1) is 7.11 Å². The predicted molar refractivity (Wildman–Crippen MR) is 54.0 cm³/mol. The van der Waals surface area contributed by atoms with Crippen LogP contribution in [0.1, 0.15) is 24.6 Å². The van der Waals surface area contributed by atoms with E-state index in [2.05, 4.69) is 4.98 Å². The first-order chi connectivity index (χ1) is 7.22. The summed E-state index contributed by atoms with van der Waals surface area (Å²) in [5.74, 6) is 0.384. The number of ether oxygens (including phenoxy) is 2. The Bertz CT molecular complexity index is 408. The Morgan fingerprint density at radius 1 is 1.67 bits per heavy atom. The summed E-state index contributed by atoms with van der Waals surface area (Å²) in [6.07, 6.45) is 3.44. The average Bonchev–Trinajstić information content (AvgIpc) is 2.74. The summed E-state index contributed by atoms with van der Waals surface area (Å²) in [5, 5.41) is 0. The second-order valence-electron chi connectivity index (χ2n) is 3.59. The van der Waals surface area contributed by atoms with Crippen molar-refractivity contribution in [2.24, 2.45) is 0 Å². The van der Waals surface area contributed by atoms with Crippen LogP contribution in [0, 0.1) is 6.92 Å². The van der Waals surface area contributed by atoms with E-state index in [9.17, 15) is 4.79 Å². The van der Waals surface area contributed by atoms with E-state index < -0.39 is 0 Å². The van der Waals surface area contributed by atoms with E-state index in [0.717, 1.165) is 18.4 Å². The quantitative estimate of drug-likeness (QED) is 0.726. The third kappa shape index (κ3) is 1.87. The summed E-state index contributed by atoms with van der Waals surface area (Å²) >= 11 is 0. The standard InChI is InChI=1S/C10H14N2O3/c1-7-6-12(8-4-3-5-15-8)10(13)11-9(7)14-2/h6,8H,3-5H2,1-2H3/t8-/m0/s1. The van der Waals surface area contributed by atoms with Gasteiger partial charge in [-0.05, 0) is 19.8 Å². The first kappa shape index (κ1) is 10.2. The van der Waals surface area contributed by atoms with Gasteiger partial charge < -0.3 is 9.47 Å². The minimum atomic E-state index is -0.315. The molecule has 0 spiro atoms. The Labute approximate surface area is 87.7 Å². The summed E-state index contributed by atoms with van der Waals surface area (Å²) in [5.41, 5.74) is 0.525. The molecular formula is C10H14N2O3. The van der Waals surface area contributed by atoms with Crippen molar-refractivity contribution in [3.05, 3.63) is 22.2 Å². The highest BCUT2D eigenvalue weighted by Gasteiger charge is 2.19. The minimum Gasteiger partial charge on any atom is -0.481 e. The number of aryl methyl sites for hydroxylation is 1. The highest BCUT2D eigenvalue weighted by Crippen LogP contribution is 2.22. The van der Waals surface area contributed by atoms with Gasteiger partial charge in [0.2, 0.25) is 5.88 Å². The van der Waals surface area contributed by atoms with Crippen LogP contribution in [0.2, 0.25) is 0 Å². The molecule has 1 aliphatic rings. The number of hydrogen-bond donors (Lipinski definition) is 0. The Hall–Kier alpha value is -1.36. The largest absolute Gasteiger partial charge is 0.481 e. The normalized spacial score (nSPS) is 20.5. The highest BCUT2D eigenvalue weighted by molar-refractivity contribution is 5.20. The molecule has 1 aromatic rings. The van der Waals surface area contributed by atoms with Crippen LogP contribution in [0.15, 0.2) is 11.0 Å². The first-order valence-corrected chi connectivity index (χ1v) is 4.98. The molecule has 0 saturated carbocycles. The van der Waals surface area contributed by atoms with Crippen LogP contribution in [0.4, 0.5) is 0 Å². The lowest BCUT2D eigenvalue weighted by molar-refractivity contribution is 0.0522. The summed E-state index contributed by atoms with van der Waals surface area (Å²) in [6, 6.07) is 0. The van der Waals surface area contributed by atoms with Crippen molar-refractivity contribution in [3.63, 3.8) is 0 Å². The molecule has 5 heteroatoms. The topological polar surface area (TPSA) is 53.3 Å². The molecule has 5 nitrogen and oxygen atoms in total. The molecule has 0 aromatic carbocycles. The van der Waals surface area contributed by atoms with Crippen molar-refractivity contribution < 1.29 is 9.47 Å². The Morgan fingerprint density at radius 2 is 2.47 bits per heavy atom. The van der Waals surface area contributed by atoms with E-state index in [1.165, 1.54) is 11.7 Å². The van der Waals surface area contributed by atoms with E-state index in [1.54, 1.807) is 6.20 Å². The van der Waals surface area contributed by atoms with Crippen molar-refractivity contribution in [2.75, 3.05) is 13.7 Å². The molecule has 82 valence electrons. The van der Waals surface area contributed by atoms with E-state index in [1.807, 2.05) is 6.92 Å². The second-order valence-corrected chi connectivity index (χ2v) is 3.59. The minimum absolute atomic E-state index is 0.158. The molecule has 1 atom stereocenters. The molecule has 0 radical (unpaired) electrons. The maximum absolute atomic E-state index is 11.6. The molecule has 0 amide bonds. The molecule has 15 heavy (non-hydrogen) atoms. The number of hydrogen-bond acceptors (Lipinski definition) is 4. The maximum Gasteiger partial charge on any atom is 0.352 e. The molecule has 0 unspecified atom stereocenters. The Kier molecular flexibility index (Phi) is 2.73. The number of rotatable bonds is 2. The number of nitrogens with zero attached hydrogens (tertiary/aromatic N) is 2. The van der Waals surface area contributed by atoms with Gasteiger partial charge in [0.1, 0.15) is 6.23 Å². The van der Waals surface area contributed by atoms with Crippen molar-refractivity contribution in [3.8, 4) is 5.88 Å². The van der Waals surface area contributed by atoms with Crippen LogP contribution in [0.5, 0.6) is 5.88 Å². The lowest BCUT2D eigenvalue weighted by Crippen LogP contribution is -2.27. The Morgan fingerprint density at radius 3 is 3.07 bits per heavy atom. The van der Waals surface area contributed by atoms with Gasteiger partial charge in [-0.15, -0.1) is 0 Å². The molecule has 0 bridgehead atoms. The third-order valence-corrected chi connectivity index (χ3v) is 2.50. The fraction of sp³-hybridized carbons (Fsp3) is 0.600. The summed E-state index contributed by atoms with van der Waals surface area (Å²) in [4.78, 5) is 15.5. The summed E-state index contributed by atoms with van der Waals surface area (Å²) in [7, 11) is 1.51. The van der Waals surface area contributed by atoms with Gasteiger partial charge in [0.15, 0.2) is 0 Å². The zero-order chi connectivity index (χ0) is 10.8. The molecule has 1 fully saturated rings. The molecule has 1 aliphatic heterocycles. The van der Waals surface area contributed by atoms with E-state index >= 15 is 0 Å². The zero-order valence-corrected chi connectivity index (χ0v) is 8.90. The van der Waals surface area contributed by atoms with Crippen LogP contribution in [0.25, 0.3) is 0 Å². The third-order valence-electron chi connectivity index (χ3n) is 2.50. The van der Waals surface area contributed by atoms with Gasteiger partial charge in [-0.25, -0.2) is 4.79 Å². The first-order valence-electron chi connectivity index (χ1n) is 4.98. The van der Waals surface area contributed by atoms with Crippen molar-refractivity contribution in [1.29, 1.82) is 0 Å². The van der Waals surface area contributed by atoms with Crippen molar-refractivity contribution >= 4 is 0 Å². The SMILES string of the molecule is COc1nc(=O)n([C@@H]2CCCO2)cc1C. The second kappa shape index (κ2) is 4.02. The summed E-state index contributed by atoms with van der Waals surface area (Å²) in [6.45, 7) is 2.57. The van der Waals surface area contributed by atoms with E-state index in [-0.39, 0.29) is 11.9 Å². The number of aromatic nitrogens is 2. The van der Waals surface area contributed by atoms with Gasteiger partial charge in [-0.1, -0.05) is 0 Å². The molecule has 1 aromatic heterocycles. The van der Waals surface area contributed by atoms with Gasteiger partial charge in [-0.3, -0.25) is 4.57 Å². The lowest BCUT2D eigenvalue weighted by Gasteiger charge is -2.14. The molecule has 2 rings (SSSR count). The highest BCUT2D eigenvalue weighted by atomic mass is 16.5.